The summed E-state index contributed by atoms with van der Waals surface area (Å²) in [5.41, 5.74) is 0.309. The fraction of sp³-hybridized carbons (Fsp3) is 0.100. The number of aromatic nitrogens is 3. The molecule has 0 N–H and O–H groups in total. The molecule has 0 unspecified atom stereocenters. The number of fused-ring (bicyclic) bond motifs is 1. The molecule has 4 nitrogen and oxygen atoms in total. The predicted octanol–water partition coefficient (Wildman–Crippen LogP) is 2.04. The molecule has 0 fully saturated rings. The molecule has 16 heavy (non-hydrogen) atoms. The first kappa shape index (κ1) is 10.9. The highest BCUT2D eigenvalue weighted by molar-refractivity contribution is 9.10. The number of hydrogen-bond donors (Lipinski definition) is 0. The number of hydrogen-bond acceptors (Lipinski definition) is 3. The van der Waals surface area contributed by atoms with Gasteiger partial charge in [0.25, 0.3) is 5.56 Å². The van der Waals surface area contributed by atoms with Crippen molar-refractivity contribution in [3.8, 4) is 0 Å². The third kappa shape index (κ3) is 2.01. The largest absolute Gasteiger partial charge is 0.291 e. The van der Waals surface area contributed by atoms with E-state index < -0.39 is 5.83 Å². The van der Waals surface area contributed by atoms with Gasteiger partial charge >= 0.3 is 0 Å². The molecule has 0 saturated heterocycles. The Morgan fingerprint density at radius 1 is 1.56 bits per heavy atom. The van der Waals surface area contributed by atoms with Crippen LogP contribution in [0.3, 0.4) is 0 Å². The average Bonchev–Trinajstić information content (AvgIpc) is 2.22. The molecular formula is C10H7BrFN3O. The fourth-order valence-corrected chi connectivity index (χ4v) is 1.63. The van der Waals surface area contributed by atoms with Crippen molar-refractivity contribution in [1.82, 2.24) is 14.5 Å². The summed E-state index contributed by atoms with van der Waals surface area (Å²) in [6, 6.07) is 1.68. The van der Waals surface area contributed by atoms with Crippen LogP contribution in [0.2, 0.25) is 0 Å². The molecule has 0 atom stereocenters. The first-order valence-corrected chi connectivity index (χ1v) is 5.21. The standard InChI is InChI=1S/C10H7BrFN3O/c1-6(12)4-15-5-14-8-2-7(11)3-13-9(8)10(15)16/h2-3,5H,1,4H2. The highest BCUT2D eigenvalue weighted by atomic mass is 79.9. The monoisotopic (exact) mass is 283 g/mol. The van der Waals surface area contributed by atoms with Gasteiger partial charge in [-0.25, -0.2) is 14.4 Å². The first-order chi connectivity index (χ1) is 7.58. The van der Waals surface area contributed by atoms with Gasteiger partial charge in [0.05, 0.1) is 18.4 Å². The van der Waals surface area contributed by atoms with Gasteiger partial charge in [0, 0.05) is 10.7 Å². The molecule has 0 aromatic carbocycles. The van der Waals surface area contributed by atoms with Crippen LogP contribution in [0.4, 0.5) is 4.39 Å². The van der Waals surface area contributed by atoms with Gasteiger partial charge in [0.15, 0.2) is 5.52 Å². The molecule has 0 amide bonds. The second-order valence-corrected chi connectivity index (χ2v) is 4.13. The minimum absolute atomic E-state index is 0.195. The number of pyridine rings is 1. The molecule has 0 spiro atoms. The van der Waals surface area contributed by atoms with Gasteiger partial charge in [-0.3, -0.25) is 9.36 Å². The zero-order chi connectivity index (χ0) is 11.7. The molecule has 82 valence electrons. The van der Waals surface area contributed by atoms with Crippen LogP contribution >= 0.6 is 15.9 Å². The zero-order valence-corrected chi connectivity index (χ0v) is 9.74. The van der Waals surface area contributed by atoms with Crippen LogP contribution in [0.1, 0.15) is 0 Å². The molecule has 2 rings (SSSR count). The van der Waals surface area contributed by atoms with Crippen LogP contribution < -0.4 is 5.56 Å². The van der Waals surface area contributed by atoms with Crippen molar-refractivity contribution in [2.45, 2.75) is 6.54 Å². The number of rotatable bonds is 2. The van der Waals surface area contributed by atoms with Crippen molar-refractivity contribution in [3.05, 3.63) is 45.8 Å². The summed E-state index contributed by atoms with van der Waals surface area (Å²) in [6.45, 7) is 2.91. The van der Waals surface area contributed by atoms with Crippen molar-refractivity contribution in [2.75, 3.05) is 0 Å². The first-order valence-electron chi connectivity index (χ1n) is 4.42. The molecule has 0 aliphatic rings. The third-order valence-electron chi connectivity index (χ3n) is 1.98. The molecule has 6 heteroatoms. The number of allylic oxidation sites excluding steroid dienone is 1. The SMILES string of the molecule is C=C(F)Cn1cnc2cc(Br)cnc2c1=O. The lowest BCUT2D eigenvalue weighted by Gasteiger charge is -2.03. The zero-order valence-electron chi connectivity index (χ0n) is 8.15. The van der Waals surface area contributed by atoms with E-state index in [1.165, 1.54) is 12.5 Å². The summed E-state index contributed by atoms with van der Waals surface area (Å²) in [5.74, 6) is -0.597. The summed E-state index contributed by atoms with van der Waals surface area (Å²) in [5, 5.41) is 0. The van der Waals surface area contributed by atoms with Gasteiger partial charge in [0.2, 0.25) is 0 Å². The third-order valence-corrected chi connectivity index (χ3v) is 2.41. The normalized spacial score (nSPS) is 10.6. The molecule has 0 saturated carbocycles. The van der Waals surface area contributed by atoms with E-state index in [1.807, 2.05) is 0 Å². The second kappa shape index (κ2) is 4.13. The Morgan fingerprint density at radius 2 is 2.31 bits per heavy atom. The predicted molar refractivity (Wildman–Crippen MR) is 61.7 cm³/mol. The maximum absolute atomic E-state index is 12.6. The van der Waals surface area contributed by atoms with Gasteiger partial charge < -0.3 is 0 Å². The van der Waals surface area contributed by atoms with E-state index in [1.54, 1.807) is 6.07 Å². The summed E-state index contributed by atoms with van der Waals surface area (Å²) < 4.78 is 14.5. The summed E-state index contributed by atoms with van der Waals surface area (Å²) in [6.07, 6.45) is 2.78. The van der Waals surface area contributed by atoms with Crippen LogP contribution in [0, 0.1) is 0 Å². The molecule has 0 radical (unpaired) electrons. The van der Waals surface area contributed by atoms with E-state index in [9.17, 15) is 9.18 Å². The van der Waals surface area contributed by atoms with Crippen LogP contribution in [0.25, 0.3) is 11.0 Å². The van der Waals surface area contributed by atoms with Crippen LogP contribution in [0.5, 0.6) is 0 Å². The van der Waals surface area contributed by atoms with Gasteiger partial charge in [0.1, 0.15) is 5.83 Å². The van der Waals surface area contributed by atoms with E-state index in [-0.39, 0.29) is 17.6 Å². The van der Waals surface area contributed by atoms with Gasteiger partial charge in [-0.1, -0.05) is 6.58 Å². The fourth-order valence-electron chi connectivity index (χ4n) is 1.31. The van der Waals surface area contributed by atoms with Gasteiger partial charge in [-0.05, 0) is 22.0 Å². The second-order valence-electron chi connectivity index (χ2n) is 3.22. The van der Waals surface area contributed by atoms with Crippen molar-refractivity contribution in [2.24, 2.45) is 0 Å². The Kier molecular flexibility index (Phi) is 2.82. The van der Waals surface area contributed by atoms with Gasteiger partial charge in [-0.2, -0.15) is 0 Å². The highest BCUT2D eigenvalue weighted by Crippen LogP contribution is 2.12. The Balaban J connectivity index is 2.66. The van der Waals surface area contributed by atoms with Crippen molar-refractivity contribution in [1.29, 1.82) is 0 Å². The molecule has 2 aromatic rings. The molecular weight excluding hydrogens is 277 g/mol. The van der Waals surface area contributed by atoms with Crippen molar-refractivity contribution < 1.29 is 4.39 Å². The van der Waals surface area contributed by atoms with Crippen LogP contribution in [-0.2, 0) is 6.54 Å². The minimum Gasteiger partial charge on any atom is -0.291 e. The lowest BCUT2D eigenvalue weighted by molar-refractivity contribution is 0.549. The van der Waals surface area contributed by atoms with Crippen LogP contribution in [-0.4, -0.2) is 14.5 Å². The average molecular weight is 284 g/mol. The molecule has 0 aliphatic carbocycles. The summed E-state index contributed by atoms with van der Waals surface area (Å²) in [7, 11) is 0. The maximum Gasteiger partial charge on any atom is 0.280 e. The van der Waals surface area contributed by atoms with Gasteiger partial charge in [-0.15, -0.1) is 0 Å². The lowest BCUT2D eigenvalue weighted by Crippen LogP contribution is -2.21. The van der Waals surface area contributed by atoms with Crippen molar-refractivity contribution in [3.63, 3.8) is 0 Å². The quantitative estimate of drug-likeness (QED) is 0.847. The van der Waals surface area contributed by atoms with Crippen molar-refractivity contribution >= 4 is 27.0 Å². The van der Waals surface area contributed by atoms with E-state index in [0.29, 0.717) is 5.52 Å². The van der Waals surface area contributed by atoms with E-state index in [4.69, 9.17) is 0 Å². The van der Waals surface area contributed by atoms with E-state index in [2.05, 4.69) is 32.5 Å². The molecule has 0 aliphatic heterocycles. The Labute approximate surface area is 98.6 Å². The topological polar surface area (TPSA) is 47.8 Å². The summed E-state index contributed by atoms with van der Waals surface area (Å²) >= 11 is 3.23. The lowest BCUT2D eigenvalue weighted by atomic mass is 10.3. The molecule has 0 bridgehead atoms. The minimum atomic E-state index is -0.597. The van der Waals surface area contributed by atoms with E-state index in [0.717, 1.165) is 9.04 Å². The molecule has 2 aromatic heterocycles. The maximum atomic E-state index is 12.6. The number of nitrogens with zero attached hydrogens (tertiary/aromatic N) is 3. The smallest absolute Gasteiger partial charge is 0.280 e. The Hall–Kier alpha value is -1.56. The summed E-state index contributed by atoms with van der Waals surface area (Å²) in [4.78, 5) is 19.8. The Morgan fingerprint density at radius 3 is 3.00 bits per heavy atom. The van der Waals surface area contributed by atoms with E-state index >= 15 is 0 Å². The highest BCUT2D eigenvalue weighted by Gasteiger charge is 2.06. The van der Waals surface area contributed by atoms with Crippen LogP contribution in [0.15, 0.2) is 40.3 Å². The molecule has 2 heterocycles. The number of halogens is 2. The Bertz CT molecular complexity index is 623.